The lowest BCUT2D eigenvalue weighted by molar-refractivity contribution is -0.114. The molecule has 3 aromatic carbocycles. The molecule has 7 heteroatoms. The van der Waals surface area contributed by atoms with Gasteiger partial charge in [0.1, 0.15) is 11.5 Å². The van der Waals surface area contributed by atoms with E-state index in [9.17, 15) is 4.79 Å². The molecule has 0 bridgehead atoms. The van der Waals surface area contributed by atoms with Gasteiger partial charge in [-0.15, -0.1) is 0 Å². The van der Waals surface area contributed by atoms with Crippen molar-refractivity contribution in [1.29, 1.82) is 0 Å². The van der Waals surface area contributed by atoms with Crippen LogP contribution in [0, 0.1) is 0 Å². The van der Waals surface area contributed by atoms with Gasteiger partial charge >= 0.3 is 0 Å². The molecule has 6 nitrogen and oxygen atoms in total. The van der Waals surface area contributed by atoms with E-state index in [2.05, 4.69) is 54.9 Å². The van der Waals surface area contributed by atoms with E-state index >= 15 is 0 Å². The molecule has 0 aliphatic heterocycles. The molecule has 1 heterocycles. The van der Waals surface area contributed by atoms with E-state index in [4.69, 9.17) is 14.5 Å². The van der Waals surface area contributed by atoms with Crippen molar-refractivity contribution in [3.05, 3.63) is 77.1 Å². The van der Waals surface area contributed by atoms with Gasteiger partial charge in [0.25, 0.3) is 0 Å². The maximum Gasteiger partial charge on any atom is 0.221 e. The van der Waals surface area contributed by atoms with Gasteiger partial charge in [0.2, 0.25) is 5.91 Å². The van der Waals surface area contributed by atoms with Crippen molar-refractivity contribution in [2.75, 3.05) is 11.9 Å². The maximum atomic E-state index is 12.0. The maximum absolute atomic E-state index is 12.0. The number of ether oxygens (including phenoxy) is 2. The molecule has 0 unspecified atom stereocenters. The van der Waals surface area contributed by atoms with Crippen LogP contribution in [0.5, 0.6) is 11.5 Å². The lowest BCUT2D eigenvalue weighted by Crippen LogP contribution is -2.17. The van der Waals surface area contributed by atoms with Crippen molar-refractivity contribution < 1.29 is 14.3 Å². The lowest BCUT2D eigenvalue weighted by Gasteiger charge is -2.19. The first-order valence-electron chi connectivity index (χ1n) is 13.4. The molecule has 0 saturated heterocycles. The average molecular weight is 532 g/mol. The van der Waals surface area contributed by atoms with E-state index in [1.54, 1.807) is 11.3 Å². The Hall–Kier alpha value is -3.58. The van der Waals surface area contributed by atoms with Gasteiger partial charge in [-0.3, -0.25) is 4.79 Å². The number of rotatable bonds is 12. The van der Waals surface area contributed by atoms with E-state index in [-0.39, 0.29) is 12.0 Å². The second-order valence-electron chi connectivity index (χ2n) is 9.32. The van der Waals surface area contributed by atoms with Crippen LogP contribution in [0.3, 0.4) is 0 Å². The number of anilines is 1. The molecule has 1 aromatic heterocycles. The number of nitrogens with one attached hydrogen (secondary N) is 1. The first-order valence-corrected chi connectivity index (χ1v) is 14.3. The van der Waals surface area contributed by atoms with Crippen molar-refractivity contribution in [1.82, 2.24) is 4.57 Å². The molecular weight excluding hydrogens is 494 g/mol. The van der Waals surface area contributed by atoms with Crippen LogP contribution in [0.25, 0.3) is 10.2 Å². The monoisotopic (exact) mass is 531 g/mol. The number of benzene rings is 3. The van der Waals surface area contributed by atoms with Crippen LogP contribution in [-0.4, -0.2) is 23.2 Å². The molecule has 0 spiro atoms. The molecule has 0 fully saturated rings. The molecule has 1 N–H and O–H groups in total. The fourth-order valence-corrected chi connectivity index (χ4v) is 5.25. The Balaban J connectivity index is 1.81. The summed E-state index contributed by atoms with van der Waals surface area (Å²) < 4.78 is 15.4. The minimum atomic E-state index is -0.126. The van der Waals surface area contributed by atoms with Crippen molar-refractivity contribution in [2.24, 2.45) is 4.99 Å². The molecule has 0 aliphatic rings. The molecule has 38 heavy (non-hydrogen) atoms. The fourth-order valence-electron chi connectivity index (χ4n) is 4.18. The zero-order valence-electron chi connectivity index (χ0n) is 22.7. The Labute approximate surface area is 229 Å². The van der Waals surface area contributed by atoms with Gasteiger partial charge in [-0.2, -0.15) is 0 Å². The smallest absolute Gasteiger partial charge is 0.221 e. The molecular formula is C31H37N3O3S. The Kier molecular flexibility index (Phi) is 9.60. The number of carbonyl (C=O) groups excluding carboxylic acids is 1. The Bertz CT molecular complexity index is 1400. The number of fused-ring (bicyclic) bond motifs is 1. The standard InChI is InChI=1S/C31H37N3O3S/c1-5-8-18-36-26-16-14-24(15-17-26)33-31-34(21-23-12-10-9-11-13-23)28-20-29(37-25(6-2)7-3)27(32-22(4)35)19-30(28)38-31/h9-17,19-20,25H,5-8,18,21H2,1-4H3,(H,32,35). The van der Waals surface area contributed by atoms with Gasteiger partial charge < -0.3 is 19.4 Å². The van der Waals surface area contributed by atoms with Gasteiger partial charge in [0.15, 0.2) is 4.80 Å². The van der Waals surface area contributed by atoms with Crippen molar-refractivity contribution in [3.8, 4) is 11.5 Å². The molecule has 1 amide bonds. The normalized spacial score (nSPS) is 11.8. The van der Waals surface area contributed by atoms with Crippen LogP contribution in [0.1, 0.15) is 58.9 Å². The van der Waals surface area contributed by atoms with Crippen molar-refractivity contribution in [2.45, 2.75) is 66.0 Å². The van der Waals surface area contributed by atoms with Gasteiger partial charge in [-0.05, 0) is 55.2 Å². The largest absolute Gasteiger partial charge is 0.494 e. The summed E-state index contributed by atoms with van der Waals surface area (Å²) in [6.07, 6.45) is 4.00. The number of carbonyl (C=O) groups is 1. The first kappa shape index (κ1) is 27.5. The van der Waals surface area contributed by atoms with E-state index in [1.165, 1.54) is 12.5 Å². The number of thiazole rings is 1. The molecule has 4 rings (SSSR count). The summed E-state index contributed by atoms with van der Waals surface area (Å²) >= 11 is 1.60. The third-order valence-electron chi connectivity index (χ3n) is 6.31. The number of amides is 1. The Morgan fingerprint density at radius 1 is 1.03 bits per heavy atom. The minimum Gasteiger partial charge on any atom is -0.494 e. The quantitative estimate of drug-likeness (QED) is 0.191. The van der Waals surface area contributed by atoms with Crippen molar-refractivity contribution >= 4 is 38.8 Å². The molecule has 0 atom stereocenters. The summed E-state index contributed by atoms with van der Waals surface area (Å²) in [7, 11) is 0. The molecule has 0 radical (unpaired) electrons. The van der Waals surface area contributed by atoms with Gasteiger partial charge in [0.05, 0.1) is 40.8 Å². The second kappa shape index (κ2) is 13.3. The fraction of sp³-hybridized carbons (Fsp3) is 0.355. The summed E-state index contributed by atoms with van der Waals surface area (Å²) in [4.78, 5) is 17.9. The van der Waals surface area contributed by atoms with Crippen LogP contribution in [0.4, 0.5) is 11.4 Å². The first-order chi connectivity index (χ1) is 18.5. The Morgan fingerprint density at radius 2 is 1.76 bits per heavy atom. The average Bonchev–Trinajstić information content (AvgIpc) is 3.23. The van der Waals surface area contributed by atoms with E-state index < -0.39 is 0 Å². The molecule has 0 saturated carbocycles. The van der Waals surface area contributed by atoms with Crippen LogP contribution >= 0.6 is 11.3 Å². The van der Waals surface area contributed by atoms with Crippen molar-refractivity contribution in [3.63, 3.8) is 0 Å². The summed E-state index contributed by atoms with van der Waals surface area (Å²) in [6, 6.07) is 22.3. The minimum absolute atomic E-state index is 0.0726. The van der Waals surface area contributed by atoms with Crippen LogP contribution in [0.2, 0.25) is 0 Å². The predicted octanol–water partition coefficient (Wildman–Crippen LogP) is 7.69. The summed E-state index contributed by atoms with van der Waals surface area (Å²) in [6.45, 7) is 9.29. The number of hydrogen-bond donors (Lipinski definition) is 1. The highest BCUT2D eigenvalue weighted by Gasteiger charge is 2.16. The Morgan fingerprint density at radius 3 is 2.42 bits per heavy atom. The molecule has 200 valence electrons. The number of unbranched alkanes of at least 4 members (excludes halogenated alkanes) is 1. The van der Waals surface area contributed by atoms with Gasteiger partial charge in [-0.25, -0.2) is 4.99 Å². The van der Waals surface area contributed by atoms with Crippen LogP contribution in [-0.2, 0) is 11.3 Å². The van der Waals surface area contributed by atoms with E-state index in [0.717, 1.165) is 58.7 Å². The van der Waals surface area contributed by atoms with E-state index in [0.29, 0.717) is 18.0 Å². The van der Waals surface area contributed by atoms with Crippen LogP contribution in [0.15, 0.2) is 71.7 Å². The predicted molar refractivity (Wildman–Crippen MR) is 157 cm³/mol. The number of nitrogens with zero attached hydrogens (tertiary/aromatic N) is 2. The highest BCUT2D eigenvalue weighted by atomic mass is 32.1. The van der Waals surface area contributed by atoms with E-state index in [1.807, 2.05) is 42.5 Å². The highest BCUT2D eigenvalue weighted by Crippen LogP contribution is 2.34. The third-order valence-corrected chi connectivity index (χ3v) is 7.35. The van der Waals surface area contributed by atoms with Crippen LogP contribution < -0.4 is 19.6 Å². The lowest BCUT2D eigenvalue weighted by atomic mass is 10.2. The zero-order valence-corrected chi connectivity index (χ0v) is 23.5. The molecule has 0 aliphatic carbocycles. The summed E-state index contributed by atoms with van der Waals surface area (Å²) in [5.74, 6) is 1.41. The second-order valence-corrected chi connectivity index (χ2v) is 10.3. The number of hydrogen-bond acceptors (Lipinski definition) is 5. The molecule has 4 aromatic rings. The summed E-state index contributed by atoms with van der Waals surface area (Å²) in [5, 5.41) is 2.96. The SMILES string of the molecule is CCCCOc1ccc(N=c2sc3cc(NC(C)=O)c(OC(CC)CC)cc3n2Cc2ccccc2)cc1. The topological polar surface area (TPSA) is 64.8 Å². The summed E-state index contributed by atoms with van der Waals surface area (Å²) in [5.41, 5.74) is 3.75. The highest BCUT2D eigenvalue weighted by molar-refractivity contribution is 7.16. The van der Waals surface area contributed by atoms with Gasteiger partial charge in [0, 0.05) is 13.0 Å². The number of aromatic nitrogens is 1. The van der Waals surface area contributed by atoms with Gasteiger partial charge in [-0.1, -0.05) is 68.9 Å². The zero-order chi connectivity index (χ0) is 26.9. The third kappa shape index (κ3) is 7.04.